The van der Waals surface area contributed by atoms with Crippen LogP contribution in [0.25, 0.3) is 12.2 Å². The molecule has 1 N–H and O–H groups in total. The van der Waals surface area contributed by atoms with E-state index < -0.39 is 5.97 Å². The van der Waals surface area contributed by atoms with Crippen molar-refractivity contribution in [2.45, 2.75) is 50.5 Å². The van der Waals surface area contributed by atoms with Gasteiger partial charge in [-0.25, -0.2) is 0 Å². The van der Waals surface area contributed by atoms with E-state index in [0.717, 1.165) is 19.0 Å². The van der Waals surface area contributed by atoms with Gasteiger partial charge < -0.3 is 19.3 Å². The summed E-state index contributed by atoms with van der Waals surface area (Å²) in [5.41, 5.74) is 2.35. The van der Waals surface area contributed by atoms with Crippen LogP contribution >= 0.6 is 11.8 Å². The van der Waals surface area contributed by atoms with E-state index in [1.807, 2.05) is 86.7 Å². The first-order valence-corrected chi connectivity index (χ1v) is 12.9. The van der Waals surface area contributed by atoms with E-state index in [4.69, 9.17) is 19.3 Å². The number of carboxylic acid groups (broad SMARTS) is 1. The number of hydrogen-bond donors (Lipinski definition) is 1. The van der Waals surface area contributed by atoms with Crippen molar-refractivity contribution in [1.82, 2.24) is 0 Å². The number of thioether (sulfide) groups is 1. The normalized spacial score (nSPS) is 9.13. The first kappa shape index (κ1) is 49.6. The van der Waals surface area contributed by atoms with Gasteiger partial charge in [-0.3, -0.25) is 4.79 Å². The number of hydrogen-bond acceptors (Lipinski definition) is 5. The minimum Gasteiger partial charge on any atom is -0.481 e. The molecule has 2 rings (SSSR count). The van der Waals surface area contributed by atoms with Crippen LogP contribution < -0.4 is 0 Å². The van der Waals surface area contributed by atoms with Gasteiger partial charge in [0.2, 0.25) is 0 Å². The molecule has 1 atom stereocenters. The first-order chi connectivity index (χ1) is 17.0. The Labute approximate surface area is 246 Å². The van der Waals surface area contributed by atoms with Crippen molar-refractivity contribution < 1.29 is 24.1 Å². The molecular formula is C33H60O5S. The number of ether oxygens (including phenoxy) is 3. The number of rotatable bonds is 13. The van der Waals surface area contributed by atoms with Crippen LogP contribution in [0.3, 0.4) is 0 Å². The second-order valence-electron chi connectivity index (χ2n) is 6.93. The van der Waals surface area contributed by atoms with E-state index in [9.17, 15) is 4.79 Å². The van der Waals surface area contributed by atoms with Crippen molar-refractivity contribution in [3.8, 4) is 0 Å². The average molecular weight is 569 g/mol. The Bertz CT molecular complexity index is 676. The van der Waals surface area contributed by atoms with Crippen molar-refractivity contribution in [2.75, 3.05) is 51.6 Å². The smallest absolute Gasteiger partial charge is 0.307 e. The van der Waals surface area contributed by atoms with Crippen molar-refractivity contribution in [3.05, 3.63) is 84.9 Å². The maximum Gasteiger partial charge on any atom is 0.307 e. The summed E-state index contributed by atoms with van der Waals surface area (Å²) in [5, 5.41) is 8.54. The summed E-state index contributed by atoms with van der Waals surface area (Å²) in [7, 11) is 1.67. The number of benzene rings is 2. The summed E-state index contributed by atoms with van der Waals surface area (Å²) in [4.78, 5) is 10.4. The Balaban J connectivity index is -0.0000000917. The third-order valence-electron chi connectivity index (χ3n) is 4.07. The first-order valence-electron chi connectivity index (χ1n) is 11.8. The van der Waals surface area contributed by atoms with Gasteiger partial charge in [0, 0.05) is 31.8 Å². The van der Waals surface area contributed by atoms with Crippen molar-refractivity contribution in [3.63, 3.8) is 0 Å². The second kappa shape index (κ2) is 40.1. The molecule has 0 aliphatic carbocycles. The van der Waals surface area contributed by atoms with E-state index >= 15 is 0 Å². The van der Waals surface area contributed by atoms with Crippen LogP contribution in [0, 0.1) is 5.92 Å². The number of methoxy groups -OCH3 is 1. The molecule has 0 aliphatic heterocycles. The average Bonchev–Trinajstić information content (AvgIpc) is 2.90. The van der Waals surface area contributed by atoms with E-state index in [1.165, 1.54) is 11.1 Å². The van der Waals surface area contributed by atoms with Gasteiger partial charge in [-0.05, 0) is 25.0 Å². The van der Waals surface area contributed by atoms with Gasteiger partial charge in [0.15, 0.2) is 0 Å². The third-order valence-corrected chi connectivity index (χ3v) is 5.26. The maximum atomic E-state index is 10.4. The van der Waals surface area contributed by atoms with Crippen molar-refractivity contribution >= 4 is 29.9 Å². The monoisotopic (exact) mass is 568 g/mol. The van der Waals surface area contributed by atoms with E-state index in [0.29, 0.717) is 25.6 Å². The van der Waals surface area contributed by atoms with Gasteiger partial charge in [-0.15, -0.1) is 0 Å². The highest BCUT2D eigenvalue weighted by molar-refractivity contribution is 7.99. The largest absolute Gasteiger partial charge is 0.481 e. The minimum absolute atomic E-state index is 0. The molecule has 0 amide bonds. The molecule has 5 nitrogen and oxygen atoms in total. The number of carbonyl (C=O) groups is 1. The second-order valence-corrected chi connectivity index (χ2v) is 8.08. The Hall–Kier alpha value is -2.38. The molecule has 0 fully saturated rings. The summed E-state index contributed by atoms with van der Waals surface area (Å²) in [5.74, 6) is 0.573. The SMILES string of the molecule is C.C.C.C.C=Cc1ccccc1.C=Cc1ccccc1.CCOCCOC.CCOCCSCC(C)C(=O)O. The summed E-state index contributed by atoms with van der Waals surface area (Å²) in [6.07, 6.45) is 3.67. The van der Waals surface area contributed by atoms with Crippen LogP contribution in [0.2, 0.25) is 0 Å². The van der Waals surface area contributed by atoms with Crippen molar-refractivity contribution in [2.24, 2.45) is 5.92 Å². The quantitative estimate of drug-likeness (QED) is 0.243. The van der Waals surface area contributed by atoms with Crippen LogP contribution in [-0.2, 0) is 19.0 Å². The maximum absolute atomic E-state index is 10.4. The minimum atomic E-state index is -0.723. The molecule has 0 bridgehead atoms. The highest BCUT2D eigenvalue weighted by Crippen LogP contribution is 2.07. The number of carboxylic acids is 1. The zero-order valence-electron chi connectivity index (χ0n) is 21.9. The molecular weight excluding hydrogens is 508 g/mol. The fourth-order valence-corrected chi connectivity index (χ4v) is 2.96. The summed E-state index contributed by atoms with van der Waals surface area (Å²) in [6.45, 7) is 16.5. The Morgan fingerprint density at radius 3 is 1.54 bits per heavy atom. The third kappa shape index (κ3) is 37.8. The molecule has 0 radical (unpaired) electrons. The lowest BCUT2D eigenvalue weighted by Gasteiger charge is -2.05. The lowest BCUT2D eigenvalue weighted by molar-refractivity contribution is -0.140. The molecule has 0 aromatic heterocycles. The molecule has 0 heterocycles. The molecule has 2 aromatic rings. The summed E-state index contributed by atoms with van der Waals surface area (Å²) in [6, 6.07) is 20.1. The molecule has 6 heteroatoms. The molecule has 0 saturated heterocycles. The van der Waals surface area contributed by atoms with Gasteiger partial charge in [-0.1, -0.05) is 123 Å². The predicted octanol–water partition coefficient (Wildman–Crippen LogP) is 9.35. The molecule has 2 aromatic carbocycles. The molecule has 0 spiro atoms. The van der Waals surface area contributed by atoms with E-state index in [1.54, 1.807) is 25.8 Å². The van der Waals surface area contributed by atoms with Crippen LogP contribution in [0.15, 0.2) is 73.8 Å². The summed E-state index contributed by atoms with van der Waals surface area (Å²) < 4.78 is 14.8. The Kier molecular flexibility index (Phi) is 51.0. The molecule has 39 heavy (non-hydrogen) atoms. The van der Waals surface area contributed by atoms with E-state index in [2.05, 4.69) is 13.2 Å². The zero-order chi connectivity index (χ0) is 26.6. The van der Waals surface area contributed by atoms with Crippen LogP contribution in [0.4, 0.5) is 0 Å². The molecule has 0 aliphatic rings. The van der Waals surface area contributed by atoms with Crippen LogP contribution in [-0.4, -0.2) is 62.7 Å². The highest BCUT2D eigenvalue weighted by atomic mass is 32.2. The molecule has 228 valence electrons. The summed E-state index contributed by atoms with van der Waals surface area (Å²) >= 11 is 1.62. The van der Waals surface area contributed by atoms with Crippen LogP contribution in [0.5, 0.6) is 0 Å². The van der Waals surface area contributed by atoms with Crippen LogP contribution in [0.1, 0.15) is 61.6 Å². The van der Waals surface area contributed by atoms with Gasteiger partial charge in [0.25, 0.3) is 0 Å². The van der Waals surface area contributed by atoms with E-state index in [-0.39, 0.29) is 35.6 Å². The van der Waals surface area contributed by atoms with Crippen molar-refractivity contribution in [1.29, 1.82) is 0 Å². The lowest BCUT2D eigenvalue weighted by atomic mass is 10.2. The fourth-order valence-electron chi connectivity index (χ4n) is 2.06. The van der Waals surface area contributed by atoms with Gasteiger partial charge in [0.1, 0.15) is 0 Å². The Morgan fingerprint density at radius 2 is 1.23 bits per heavy atom. The zero-order valence-corrected chi connectivity index (χ0v) is 22.7. The Morgan fingerprint density at radius 1 is 0.821 bits per heavy atom. The fraction of sp³-hybridized carbons (Fsp3) is 0.485. The topological polar surface area (TPSA) is 65.0 Å². The lowest BCUT2D eigenvalue weighted by Crippen LogP contribution is -2.12. The van der Waals surface area contributed by atoms with Gasteiger partial charge in [-0.2, -0.15) is 11.8 Å². The van der Waals surface area contributed by atoms with Gasteiger partial charge >= 0.3 is 5.97 Å². The molecule has 0 saturated carbocycles. The highest BCUT2D eigenvalue weighted by Gasteiger charge is 2.09. The number of aliphatic carboxylic acids is 1. The molecule has 1 unspecified atom stereocenters. The standard InChI is InChI=1S/C8H16O3S.2C8H8.C5H12O2.4CH4/c1-3-11-4-5-12-6-7(2)8(9)10;2*1-2-8-6-4-3-5-7-8;1-3-7-5-4-6-2;;;;/h7H,3-6H2,1-2H3,(H,9,10);2*2-7H,1H2;3-5H2,1-2H3;4*1H4. The predicted molar refractivity (Wildman–Crippen MR) is 179 cm³/mol. The van der Waals surface area contributed by atoms with Gasteiger partial charge in [0.05, 0.1) is 25.7 Å².